The van der Waals surface area contributed by atoms with E-state index in [-0.39, 0.29) is 11.6 Å². The fraction of sp³-hybridized carbons (Fsp3) is 0.500. The Morgan fingerprint density at radius 3 is 2.77 bits per heavy atom. The first-order valence-corrected chi connectivity index (χ1v) is 4.62. The number of hydrogen-bond donors (Lipinski definition) is 1. The number of aliphatic hydroxyl groups is 1. The summed E-state index contributed by atoms with van der Waals surface area (Å²) in [4.78, 5) is 15.1. The molecule has 0 spiro atoms. The molecule has 0 bridgehead atoms. The van der Waals surface area contributed by atoms with Crippen molar-refractivity contribution in [2.45, 2.75) is 26.1 Å². The summed E-state index contributed by atoms with van der Waals surface area (Å²) in [6.45, 7) is 2.15. The normalized spacial score (nSPS) is 11.7. The number of halogens is 1. The lowest BCUT2D eigenvalue weighted by atomic mass is 10.1. The van der Waals surface area contributed by atoms with Gasteiger partial charge < -0.3 is 5.11 Å². The Labute approximate surface area is 79.2 Å². The zero-order valence-electron chi connectivity index (χ0n) is 7.37. The van der Waals surface area contributed by atoms with Crippen LogP contribution in [0.15, 0.2) is 5.38 Å². The average Bonchev–Trinajstić information content (AvgIpc) is 2.48. The molecular weight excluding hydrogens is 193 g/mol. The molecule has 0 aliphatic carbocycles. The van der Waals surface area contributed by atoms with Crippen LogP contribution in [0.3, 0.4) is 0 Å². The van der Waals surface area contributed by atoms with Gasteiger partial charge in [-0.3, -0.25) is 4.79 Å². The Bertz CT molecular complexity index is 316. The lowest BCUT2D eigenvalue weighted by Gasteiger charge is -2.09. The van der Waals surface area contributed by atoms with E-state index in [1.165, 1.54) is 13.8 Å². The van der Waals surface area contributed by atoms with Gasteiger partial charge in [-0.25, -0.2) is 9.37 Å². The monoisotopic (exact) mass is 203 g/mol. The molecule has 0 unspecified atom stereocenters. The van der Waals surface area contributed by atoms with Crippen LogP contribution in [0.25, 0.3) is 0 Å². The summed E-state index contributed by atoms with van der Waals surface area (Å²) in [6.07, 6.45) is 0. The molecule has 13 heavy (non-hydrogen) atoms. The van der Waals surface area contributed by atoms with Crippen molar-refractivity contribution in [2.24, 2.45) is 0 Å². The maximum Gasteiger partial charge on any atom is 0.227 e. The number of carbonyl (C=O) groups is 1. The Kier molecular flexibility index (Phi) is 2.77. The number of aliphatic hydroxyl groups excluding tert-OH is 1. The number of ketones is 1. The van der Waals surface area contributed by atoms with E-state index in [0.717, 1.165) is 11.3 Å². The number of nitrogens with zero attached hydrogens (tertiary/aromatic N) is 1. The van der Waals surface area contributed by atoms with Crippen molar-refractivity contribution in [3.8, 4) is 0 Å². The van der Waals surface area contributed by atoms with Crippen LogP contribution in [0.4, 0.5) is 4.39 Å². The minimum Gasteiger partial charge on any atom is -0.390 e. The first-order chi connectivity index (χ1) is 5.95. The van der Waals surface area contributed by atoms with Gasteiger partial charge in [-0.15, -0.1) is 11.3 Å². The van der Waals surface area contributed by atoms with Crippen LogP contribution in [-0.4, -0.2) is 21.5 Å². The molecule has 0 aliphatic rings. The third kappa shape index (κ3) is 2.32. The van der Waals surface area contributed by atoms with Gasteiger partial charge in [0.15, 0.2) is 10.7 Å². The van der Waals surface area contributed by atoms with Crippen LogP contribution >= 0.6 is 11.3 Å². The van der Waals surface area contributed by atoms with Crippen molar-refractivity contribution in [1.29, 1.82) is 0 Å². The molecule has 3 nitrogen and oxygen atoms in total. The summed E-state index contributed by atoms with van der Waals surface area (Å²) >= 11 is 1.05. The van der Waals surface area contributed by atoms with E-state index in [0.29, 0.717) is 5.69 Å². The van der Waals surface area contributed by atoms with Crippen molar-refractivity contribution in [2.75, 3.05) is 0 Å². The fourth-order valence-electron chi connectivity index (χ4n) is 0.738. The lowest BCUT2D eigenvalue weighted by Crippen LogP contribution is -2.25. The molecule has 0 amide bonds. The van der Waals surface area contributed by atoms with E-state index in [1.54, 1.807) is 5.38 Å². The summed E-state index contributed by atoms with van der Waals surface area (Å²) in [5.41, 5.74) is -1.50. The number of alkyl halides is 1. The summed E-state index contributed by atoms with van der Waals surface area (Å²) in [5.74, 6) is -0.641. The molecule has 0 fully saturated rings. The first-order valence-electron chi connectivity index (χ1n) is 3.74. The first kappa shape index (κ1) is 10.3. The molecule has 0 saturated carbocycles. The van der Waals surface area contributed by atoms with Gasteiger partial charge in [-0.1, -0.05) is 0 Å². The quantitative estimate of drug-likeness (QED) is 0.758. The van der Waals surface area contributed by atoms with Gasteiger partial charge in [0.2, 0.25) is 5.78 Å². The number of rotatable bonds is 3. The van der Waals surface area contributed by atoms with Crippen LogP contribution in [0, 0.1) is 0 Å². The van der Waals surface area contributed by atoms with Gasteiger partial charge in [0.1, 0.15) is 0 Å². The van der Waals surface area contributed by atoms with E-state index >= 15 is 0 Å². The highest BCUT2D eigenvalue weighted by atomic mass is 32.1. The molecule has 5 heteroatoms. The molecule has 1 rings (SSSR count). The highest BCUT2D eigenvalue weighted by molar-refractivity contribution is 7.11. The van der Waals surface area contributed by atoms with Crippen molar-refractivity contribution in [1.82, 2.24) is 4.98 Å². The van der Waals surface area contributed by atoms with Crippen molar-refractivity contribution in [3.63, 3.8) is 0 Å². The predicted molar refractivity (Wildman–Crippen MR) is 47.6 cm³/mol. The molecule has 1 N–H and O–H groups in total. The molecule has 0 radical (unpaired) electrons. The third-order valence-corrected chi connectivity index (χ3v) is 2.34. The van der Waals surface area contributed by atoms with Crippen LogP contribution in [-0.2, 0) is 6.61 Å². The van der Waals surface area contributed by atoms with Crippen LogP contribution in [0.2, 0.25) is 0 Å². The second-order valence-corrected chi connectivity index (χ2v) is 3.96. The highest BCUT2D eigenvalue weighted by Crippen LogP contribution is 2.19. The second kappa shape index (κ2) is 3.51. The topological polar surface area (TPSA) is 50.2 Å². The molecule has 1 aromatic heterocycles. The minimum atomic E-state index is -1.90. The number of Topliss-reactive ketones (excluding diaryl/α,β-unsaturated/α-hetero) is 1. The molecular formula is C8H10FNO2S. The van der Waals surface area contributed by atoms with Crippen LogP contribution in [0.5, 0.6) is 0 Å². The van der Waals surface area contributed by atoms with Crippen molar-refractivity contribution >= 4 is 17.1 Å². The zero-order valence-corrected chi connectivity index (χ0v) is 8.19. The molecule has 1 heterocycles. The Balaban J connectivity index is 2.90. The number of hydrogen-bond acceptors (Lipinski definition) is 4. The smallest absolute Gasteiger partial charge is 0.227 e. The third-order valence-electron chi connectivity index (χ3n) is 1.45. The van der Waals surface area contributed by atoms with E-state index in [2.05, 4.69) is 4.98 Å². The van der Waals surface area contributed by atoms with Crippen LogP contribution in [0.1, 0.15) is 29.3 Å². The van der Waals surface area contributed by atoms with E-state index < -0.39 is 11.5 Å². The summed E-state index contributed by atoms with van der Waals surface area (Å²) in [7, 11) is 0. The molecule has 0 aliphatic heterocycles. The Morgan fingerprint density at radius 1 is 1.77 bits per heavy atom. The van der Waals surface area contributed by atoms with E-state index in [1.807, 2.05) is 0 Å². The molecule has 72 valence electrons. The second-order valence-electron chi connectivity index (χ2n) is 3.10. The summed E-state index contributed by atoms with van der Waals surface area (Å²) in [5, 5.41) is 10.3. The Morgan fingerprint density at radius 2 is 2.38 bits per heavy atom. The molecule has 0 atom stereocenters. The summed E-state index contributed by atoms with van der Waals surface area (Å²) in [6, 6.07) is 0. The highest BCUT2D eigenvalue weighted by Gasteiger charge is 2.30. The predicted octanol–water partition coefficient (Wildman–Crippen LogP) is 1.57. The van der Waals surface area contributed by atoms with Crippen LogP contribution < -0.4 is 0 Å². The average molecular weight is 203 g/mol. The van der Waals surface area contributed by atoms with Gasteiger partial charge in [0, 0.05) is 5.38 Å². The lowest BCUT2D eigenvalue weighted by molar-refractivity contribution is 0.0759. The van der Waals surface area contributed by atoms with Crippen molar-refractivity contribution in [3.05, 3.63) is 16.1 Å². The largest absolute Gasteiger partial charge is 0.390 e. The van der Waals surface area contributed by atoms with Gasteiger partial charge in [-0.2, -0.15) is 0 Å². The Hall–Kier alpha value is -0.810. The molecule has 0 aromatic carbocycles. The maximum absolute atomic E-state index is 13.1. The van der Waals surface area contributed by atoms with Gasteiger partial charge in [0.25, 0.3) is 0 Å². The SMILES string of the molecule is CC(C)(F)C(=O)c1nc(CO)cs1. The van der Waals surface area contributed by atoms with E-state index in [4.69, 9.17) is 5.11 Å². The molecule has 1 aromatic rings. The fourth-order valence-corrected chi connectivity index (χ4v) is 1.63. The van der Waals surface area contributed by atoms with Gasteiger partial charge >= 0.3 is 0 Å². The standard InChI is InChI=1S/C8H10FNO2S/c1-8(2,9)6(12)7-10-5(3-11)4-13-7/h4,11H,3H2,1-2H3. The van der Waals surface area contributed by atoms with Gasteiger partial charge in [0.05, 0.1) is 12.3 Å². The van der Waals surface area contributed by atoms with Gasteiger partial charge in [-0.05, 0) is 13.8 Å². The zero-order chi connectivity index (χ0) is 10.1. The molecule has 0 saturated heterocycles. The van der Waals surface area contributed by atoms with E-state index in [9.17, 15) is 9.18 Å². The minimum absolute atomic E-state index is 0.108. The number of aromatic nitrogens is 1. The number of thiazole rings is 1. The number of carbonyl (C=O) groups excluding carboxylic acids is 1. The summed E-state index contributed by atoms with van der Waals surface area (Å²) < 4.78 is 13.1. The van der Waals surface area contributed by atoms with Crippen molar-refractivity contribution < 1.29 is 14.3 Å². The maximum atomic E-state index is 13.1.